The Labute approximate surface area is 113 Å². The maximum Gasteiger partial charge on any atom is 0.220 e. The smallest absolute Gasteiger partial charge is 0.220 e. The third-order valence-electron chi connectivity index (χ3n) is 4.84. The van der Waals surface area contributed by atoms with Gasteiger partial charge in [0.15, 0.2) is 5.82 Å². The maximum absolute atomic E-state index is 12.1. The molecule has 0 unspecified atom stereocenters. The second-order valence-electron chi connectivity index (χ2n) is 6.23. The van der Waals surface area contributed by atoms with Crippen molar-refractivity contribution in [2.75, 3.05) is 0 Å². The molecule has 0 aliphatic heterocycles. The summed E-state index contributed by atoms with van der Waals surface area (Å²) in [6.45, 7) is 1.96. The van der Waals surface area contributed by atoms with Gasteiger partial charge in [-0.25, -0.2) is 0 Å². The molecule has 2 aliphatic carbocycles. The Morgan fingerprint density at radius 1 is 1.53 bits per heavy atom. The molecule has 5 nitrogen and oxygen atoms in total. The van der Waals surface area contributed by atoms with Crippen molar-refractivity contribution in [2.45, 2.75) is 45.1 Å². The Morgan fingerprint density at radius 2 is 2.37 bits per heavy atom. The molecule has 1 amide bonds. The van der Waals surface area contributed by atoms with E-state index in [2.05, 4.69) is 15.5 Å². The lowest BCUT2D eigenvalue weighted by Gasteiger charge is -2.22. The molecule has 19 heavy (non-hydrogen) atoms. The van der Waals surface area contributed by atoms with E-state index in [1.807, 2.05) is 18.5 Å². The summed E-state index contributed by atoms with van der Waals surface area (Å²) < 4.78 is 1.85. The van der Waals surface area contributed by atoms with E-state index in [1.54, 1.807) is 6.33 Å². The fourth-order valence-electron chi connectivity index (χ4n) is 3.91. The lowest BCUT2D eigenvalue weighted by atomic mass is 9.86. The van der Waals surface area contributed by atoms with Crippen molar-refractivity contribution in [1.29, 1.82) is 0 Å². The number of rotatable bonds is 4. The summed E-state index contributed by atoms with van der Waals surface area (Å²) in [6, 6.07) is -0.0707. The Morgan fingerprint density at radius 3 is 2.95 bits per heavy atom. The van der Waals surface area contributed by atoms with E-state index >= 15 is 0 Å². The quantitative estimate of drug-likeness (QED) is 0.900. The first-order valence-corrected chi connectivity index (χ1v) is 7.26. The average molecular weight is 262 g/mol. The Bertz CT molecular complexity index is 470. The summed E-state index contributed by atoms with van der Waals surface area (Å²) >= 11 is 0. The van der Waals surface area contributed by atoms with Gasteiger partial charge in [0.2, 0.25) is 5.91 Å². The average Bonchev–Trinajstić information content (AvgIpc) is 3.04. The van der Waals surface area contributed by atoms with Crippen LogP contribution in [0.5, 0.6) is 0 Å². The van der Waals surface area contributed by atoms with Gasteiger partial charge in [-0.15, -0.1) is 10.2 Å². The molecular formula is C14H22N4O. The van der Waals surface area contributed by atoms with Crippen LogP contribution in [-0.2, 0) is 11.8 Å². The third kappa shape index (κ3) is 2.51. The fourth-order valence-corrected chi connectivity index (χ4v) is 3.91. The van der Waals surface area contributed by atoms with E-state index in [9.17, 15) is 4.79 Å². The number of hydrogen-bond donors (Lipinski definition) is 1. The minimum absolute atomic E-state index is 0.0707. The zero-order valence-electron chi connectivity index (χ0n) is 11.7. The van der Waals surface area contributed by atoms with Crippen LogP contribution in [0, 0.1) is 17.8 Å². The number of amides is 1. The highest BCUT2D eigenvalue weighted by molar-refractivity contribution is 5.76. The number of aryl methyl sites for hydroxylation is 1. The van der Waals surface area contributed by atoms with E-state index in [0.717, 1.165) is 17.7 Å². The number of carbonyl (C=O) groups is 1. The van der Waals surface area contributed by atoms with Crippen LogP contribution in [0.2, 0.25) is 0 Å². The number of nitrogens with zero attached hydrogens (tertiary/aromatic N) is 3. The molecule has 0 aromatic carbocycles. The minimum Gasteiger partial charge on any atom is -0.346 e. The molecule has 2 saturated carbocycles. The zero-order chi connectivity index (χ0) is 13.4. The predicted molar refractivity (Wildman–Crippen MR) is 71.1 cm³/mol. The van der Waals surface area contributed by atoms with Crippen molar-refractivity contribution in [2.24, 2.45) is 24.8 Å². The molecule has 0 saturated heterocycles. The van der Waals surface area contributed by atoms with E-state index < -0.39 is 0 Å². The summed E-state index contributed by atoms with van der Waals surface area (Å²) in [4.78, 5) is 12.1. The molecule has 1 aromatic heterocycles. The highest BCUT2D eigenvalue weighted by Crippen LogP contribution is 2.49. The molecule has 0 spiro atoms. The molecule has 2 aliphatic rings. The third-order valence-corrected chi connectivity index (χ3v) is 4.84. The monoisotopic (exact) mass is 262 g/mol. The second kappa shape index (κ2) is 4.94. The van der Waals surface area contributed by atoms with Crippen LogP contribution in [0.1, 0.15) is 50.9 Å². The van der Waals surface area contributed by atoms with Crippen LogP contribution >= 0.6 is 0 Å². The molecule has 2 fully saturated rings. The highest BCUT2D eigenvalue weighted by Gasteiger charge is 2.40. The van der Waals surface area contributed by atoms with Crippen LogP contribution in [0.25, 0.3) is 0 Å². The number of nitrogens with one attached hydrogen (secondary N) is 1. The molecule has 0 radical (unpaired) electrons. The molecule has 3 rings (SSSR count). The summed E-state index contributed by atoms with van der Waals surface area (Å²) in [5, 5.41) is 10.9. The van der Waals surface area contributed by atoms with Crippen molar-refractivity contribution >= 4 is 5.91 Å². The van der Waals surface area contributed by atoms with E-state index in [0.29, 0.717) is 12.3 Å². The number of aromatic nitrogens is 3. The van der Waals surface area contributed by atoms with Crippen LogP contribution in [0.4, 0.5) is 0 Å². The van der Waals surface area contributed by atoms with Crippen molar-refractivity contribution in [3.8, 4) is 0 Å². The first-order chi connectivity index (χ1) is 9.13. The normalized spacial score (nSPS) is 30.5. The molecule has 1 N–H and O–H groups in total. The summed E-state index contributed by atoms with van der Waals surface area (Å²) in [7, 11) is 1.90. The summed E-state index contributed by atoms with van der Waals surface area (Å²) in [5.74, 6) is 3.29. The number of hydrogen-bond acceptors (Lipinski definition) is 3. The minimum atomic E-state index is -0.0707. The maximum atomic E-state index is 12.1. The molecule has 1 heterocycles. The Balaban J connectivity index is 1.53. The fraction of sp³-hybridized carbons (Fsp3) is 0.786. The topological polar surface area (TPSA) is 59.8 Å². The van der Waals surface area contributed by atoms with Crippen molar-refractivity contribution < 1.29 is 4.79 Å². The van der Waals surface area contributed by atoms with E-state index in [4.69, 9.17) is 0 Å². The van der Waals surface area contributed by atoms with Gasteiger partial charge in [-0.1, -0.05) is 6.42 Å². The predicted octanol–water partition coefficient (Wildman–Crippen LogP) is 1.82. The van der Waals surface area contributed by atoms with Crippen molar-refractivity contribution in [3.63, 3.8) is 0 Å². The van der Waals surface area contributed by atoms with Gasteiger partial charge in [-0.05, 0) is 43.9 Å². The largest absolute Gasteiger partial charge is 0.346 e. The van der Waals surface area contributed by atoms with Crippen LogP contribution in [0.3, 0.4) is 0 Å². The standard InChI is InChI=1S/C14H22N4O/c1-9(14-17-15-8-18(14)2)16-13(19)7-12-6-10-3-4-11(12)5-10/h8-12H,3-7H2,1-2H3,(H,16,19)/t9-,10+,11+,12-/m1/s1. The SMILES string of the molecule is C[C@@H](NC(=O)C[C@H]1C[C@H]2CC[C@H]1C2)c1nncn1C. The zero-order valence-corrected chi connectivity index (χ0v) is 11.7. The van der Waals surface area contributed by atoms with Gasteiger partial charge in [0, 0.05) is 13.5 Å². The van der Waals surface area contributed by atoms with Crippen LogP contribution in [-0.4, -0.2) is 20.7 Å². The van der Waals surface area contributed by atoms with Crippen molar-refractivity contribution in [1.82, 2.24) is 20.1 Å². The molecule has 104 valence electrons. The number of fused-ring (bicyclic) bond motifs is 2. The first kappa shape index (κ1) is 12.6. The van der Waals surface area contributed by atoms with Gasteiger partial charge in [0.05, 0.1) is 6.04 Å². The number of carbonyl (C=O) groups excluding carboxylic acids is 1. The molecule has 2 bridgehead atoms. The van der Waals surface area contributed by atoms with Crippen LogP contribution in [0.15, 0.2) is 6.33 Å². The first-order valence-electron chi connectivity index (χ1n) is 7.26. The van der Waals surface area contributed by atoms with Gasteiger partial charge >= 0.3 is 0 Å². The van der Waals surface area contributed by atoms with Crippen LogP contribution < -0.4 is 5.32 Å². The van der Waals surface area contributed by atoms with Gasteiger partial charge in [0.1, 0.15) is 6.33 Å². The molecule has 1 aromatic rings. The Hall–Kier alpha value is -1.39. The summed E-state index contributed by atoms with van der Waals surface area (Å²) in [6.07, 6.45) is 7.68. The van der Waals surface area contributed by atoms with E-state index in [1.165, 1.54) is 25.7 Å². The van der Waals surface area contributed by atoms with Gasteiger partial charge in [0.25, 0.3) is 0 Å². The van der Waals surface area contributed by atoms with Gasteiger partial charge in [-0.2, -0.15) is 0 Å². The lowest BCUT2D eigenvalue weighted by molar-refractivity contribution is -0.123. The molecule has 4 atom stereocenters. The van der Waals surface area contributed by atoms with Gasteiger partial charge in [-0.3, -0.25) is 4.79 Å². The second-order valence-corrected chi connectivity index (χ2v) is 6.23. The molecule has 5 heteroatoms. The van der Waals surface area contributed by atoms with E-state index in [-0.39, 0.29) is 11.9 Å². The van der Waals surface area contributed by atoms with Gasteiger partial charge < -0.3 is 9.88 Å². The lowest BCUT2D eigenvalue weighted by Crippen LogP contribution is -2.30. The van der Waals surface area contributed by atoms with Crippen molar-refractivity contribution in [3.05, 3.63) is 12.2 Å². The molecular weight excluding hydrogens is 240 g/mol. The summed E-state index contributed by atoms with van der Waals surface area (Å²) in [5.41, 5.74) is 0. The highest BCUT2D eigenvalue weighted by atomic mass is 16.1. The Kier molecular flexibility index (Phi) is 3.29.